The second-order valence-corrected chi connectivity index (χ2v) is 12.1. The van der Waals surface area contributed by atoms with Crippen molar-refractivity contribution in [3.8, 4) is 10.6 Å². The number of fused-ring (bicyclic) bond motifs is 1. The largest absolute Gasteiger partial charge is 0.354 e. The molecule has 2 aromatic heterocycles. The van der Waals surface area contributed by atoms with E-state index in [1.165, 1.54) is 51.9 Å². The molecule has 9 heteroatoms. The van der Waals surface area contributed by atoms with Crippen molar-refractivity contribution in [1.29, 1.82) is 0 Å². The normalized spacial score (nSPS) is 19.5. The first-order valence-electron chi connectivity index (χ1n) is 13.7. The molecule has 7 nitrogen and oxygen atoms in total. The molecule has 0 radical (unpaired) electrons. The van der Waals surface area contributed by atoms with Crippen LogP contribution in [-0.4, -0.2) is 77.0 Å². The number of hydrogen-bond acceptors (Lipinski definition) is 7. The quantitative estimate of drug-likeness (QED) is 0.362. The van der Waals surface area contributed by atoms with Gasteiger partial charge in [-0.1, -0.05) is 30.5 Å². The lowest BCUT2D eigenvalue weighted by Gasteiger charge is -2.38. The summed E-state index contributed by atoms with van der Waals surface area (Å²) in [5, 5.41) is 7.94. The third-order valence-electron chi connectivity index (χ3n) is 7.88. The molecular formula is C28H35ClN6OS. The molecule has 0 spiro atoms. The number of benzene rings is 1. The first-order chi connectivity index (χ1) is 18.1. The van der Waals surface area contributed by atoms with Crippen molar-refractivity contribution < 1.29 is 4.79 Å². The predicted octanol–water partition coefficient (Wildman–Crippen LogP) is 5.27. The van der Waals surface area contributed by atoms with Gasteiger partial charge in [-0.3, -0.25) is 9.69 Å². The summed E-state index contributed by atoms with van der Waals surface area (Å²) < 4.78 is 1.05. The fourth-order valence-corrected chi connectivity index (χ4v) is 6.96. The van der Waals surface area contributed by atoms with Gasteiger partial charge in [-0.25, -0.2) is 9.97 Å². The van der Waals surface area contributed by atoms with Crippen molar-refractivity contribution >= 4 is 44.9 Å². The molecule has 1 amide bonds. The van der Waals surface area contributed by atoms with Crippen LogP contribution >= 0.6 is 22.9 Å². The summed E-state index contributed by atoms with van der Waals surface area (Å²) in [5.74, 6) is 0.586. The second-order valence-electron chi connectivity index (χ2n) is 10.6. The fourth-order valence-electron chi connectivity index (χ4n) is 5.62. The number of nitrogens with zero attached hydrogens (tertiary/aromatic N) is 4. The lowest BCUT2D eigenvalue weighted by molar-refractivity contribution is 0.0952. The summed E-state index contributed by atoms with van der Waals surface area (Å²) in [6.45, 7) is 6.67. The standard InChI is InChI=1S/C28H35ClN6OS/c29-23-18-31-28(30-11-4-12-34-13-15-35(16-14-34)20-5-1-2-6-20)33-26(23)25-17-22-21(7-3-8-24(22)37-25)27(36)32-19-9-10-19/h3,7-8,17-20H,1-2,4-6,9-16H2,(H,32,36)(H,30,31,33). The van der Waals surface area contributed by atoms with Crippen LogP contribution in [0.2, 0.25) is 5.02 Å². The van der Waals surface area contributed by atoms with E-state index in [1.807, 2.05) is 24.3 Å². The molecule has 2 N–H and O–H groups in total. The second kappa shape index (κ2) is 11.2. The summed E-state index contributed by atoms with van der Waals surface area (Å²) in [5.41, 5.74) is 1.41. The molecule has 3 fully saturated rings. The Kier molecular flexibility index (Phi) is 7.60. The number of rotatable bonds is 9. The van der Waals surface area contributed by atoms with E-state index in [0.29, 0.717) is 28.3 Å². The van der Waals surface area contributed by atoms with Gasteiger partial charge in [0.15, 0.2) is 0 Å². The number of nitrogens with one attached hydrogen (secondary N) is 2. The Morgan fingerprint density at radius 2 is 1.92 bits per heavy atom. The summed E-state index contributed by atoms with van der Waals surface area (Å²) in [6.07, 6.45) is 10.5. The van der Waals surface area contributed by atoms with E-state index in [4.69, 9.17) is 16.6 Å². The molecule has 0 bridgehead atoms. The zero-order chi connectivity index (χ0) is 25.2. The molecule has 3 aromatic rings. The zero-order valence-corrected chi connectivity index (χ0v) is 22.8. The maximum atomic E-state index is 12.7. The van der Waals surface area contributed by atoms with Crippen LogP contribution < -0.4 is 10.6 Å². The van der Waals surface area contributed by atoms with Crippen LogP contribution in [0, 0.1) is 0 Å². The highest BCUT2D eigenvalue weighted by Crippen LogP contribution is 2.37. The number of anilines is 1. The highest BCUT2D eigenvalue weighted by atomic mass is 35.5. The fraction of sp³-hybridized carbons (Fsp3) is 0.536. The van der Waals surface area contributed by atoms with E-state index >= 15 is 0 Å². The van der Waals surface area contributed by atoms with Gasteiger partial charge in [-0.15, -0.1) is 11.3 Å². The SMILES string of the molecule is O=C(NC1CC1)c1cccc2sc(-c3nc(NCCCN4CCN(C5CCCC5)CC4)ncc3Cl)cc12. The number of carbonyl (C=O) groups excluding carboxylic acids is 1. The average Bonchev–Trinajstić information content (AvgIpc) is 3.38. The van der Waals surface area contributed by atoms with E-state index in [2.05, 4.69) is 25.4 Å². The van der Waals surface area contributed by atoms with Crippen LogP contribution in [0.1, 0.15) is 55.3 Å². The van der Waals surface area contributed by atoms with E-state index < -0.39 is 0 Å². The number of aromatic nitrogens is 2. The minimum absolute atomic E-state index is 0.00598. The number of thiophene rings is 1. The molecule has 1 aromatic carbocycles. The van der Waals surface area contributed by atoms with Crippen molar-refractivity contribution in [1.82, 2.24) is 25.1 Å². The predicted molar refractivity (Wildman–Crippen MR) is 152 cm³/mol. The van der Waals surface area contributed by atoms with Crippen molar-refractivity contribution in [3.63, 3.8) is 0 Å². The molecule has 3 heterocycles. The van der Waals surface area contributed by atoms with Crippen LogP contribution in [-0.2, 0) is 0 Å². The number of hydrogen-bond donors (Lipinski definition) is 2. The Hall–Kier alpha value is -2.26. The Morgan fingerprint density at radius 1 is 1.11 bits per heavy atom. The van der Waals surface area contributed by atoms with Gasteiger partial charge in [0.1, 0.15) is 5.69 Å². The van der Waals surface area contributed by atoms with Crippen LogP contribution in [0.3, 0.4) is 0 Å². The number of carbonyl (C=O) groups is 1. The van der Waals surface area contributed by atoms with E-state index in [-0.39, 0.29) is 5.91 Å². The summed E-state index contributed by atoms with van der Waals surface area (Å²) in [7, 11) is 0. The highest BCUT2D eigenvalue weighted by Gasteiger charge is 2.26. The van der Waals surface area contributed by atoms with Crippen LogP contribution in [0.15, 0.2) is 30.5 Å². The minimum atomic E-state index is -0.00598. The van der Waals surface area contributed by atoms with Gasteiger partial charge in [-0.2, -0.15) is 0 Å². The Bertz CT molecular complexity index is 1250. The molecule has 2 aliphatic carbocycles. The molecular weight excluding hydrogens is 504 g/mol. The zero-order valence-electron chi connectivity index (χ0n) is 21.2. The third-order valence-corrected chi connectivity index (χ3v) is 9.26. The molecule has 3 aliphatic rings. The van der Waals surface area contributed by atoms with Gasteiger partial charge in [0.2, 0.25) is 5.95 Å². The van der Waals surface area contributed by atoms with Gasteiger partial charge >= 0.3 is 0 Å². The Balaban J connectivity index is 1.05. The maximum absolute atomic E-state index is 12.7. The lowest BCUT2D eigenvalue weighted by Crippen LogP contribution is -2.49. The lowest BCUT2D eigenvalue weighted by atomic mass is 10.1. The first kappa shape index (κ1) is 25.0. The third kappa shape index (κ3) is 5.93. The van der Waals surface area contributed by atoms with Crippen molar-refractivity contribution in [2.45, 2.75) is 57.0 Å². The number of piperazine rings is 1. The van der Waals surface area contributed by atoms with Gasteiger partial charge in [0, 0.05) is 60.5 Å². The molecule has 0 unspecified atom stereocenters. The molecule has 1 aliphatic heterocycles. The first-order valence-corrected chi connectivity index (χ1v) is 14.9. The molecule has 37 heavy (non-hydrogen) atoms. The minimum Gasteiger partial charge on any atom is -0.354 e. The summed E-state index contributed by atoms with van der Waals surface area (Å²) >= 11 is 8.13. The maximum Gasteiger partial charge on any atom is 0.252 e. The van der Waals surface area contributed by atoms with Crippen molar-refractivity contribution in [2.24, 2.45) is 0 Å². The summed E-state index contributed by atoms with van der Waals surface area (Å²) in [4.78, 5) is 28.1. The molecule has 1 saturated heterocycles. The number of amides is 1. The van der Waals surface area contributed by atoms with E-state index in [1.54, 1.807) is 17.5 Å². The Labute approximate surface area is 227 Å². The molecule has 2 saturated carbocycles. The molecule has 196 valence electrons. The monoisotopic (exact) mass is 538 g/mol. The van der Waals surface area contributed by atoms with Gasteiger partial charge in [0.05, 0.1) is 16.1 Å². The Morgan fingerprint density at radius 3 is 2.70 bits per heavy atom. The highest BCUT2D eigenvalue weighted by molar-refractivity contribution is 7.22. The van der Waals surface area contributed by atoms with E-state index in [0.717, 1.165) is 53.4 Å². The molecule has 6 rings (SSSR count). The summed E-state index contributed by atoms with van der Waals surface area (Å²) in [6, 6.07) is 9.07. The van der Waals surface area contributed by atoms with Crippen LogP contribution in [0.4, 0.5) is 5.95 Å². The van der Waals surface area contributed by atoms with Gasteiger partial charge in [-0.05, 0) is 56.8 Å². The average molecular weight is 539 g/mol. The molecule has 0 atom stereocenters. The topological polar surface area (TPSA) is 73.4 Å². The van der Waals surface area contributed by atoms with Crippen LogP contribution in [0.25, 0.3) is 20.7 Å². The van der Waals surface area contributed by atoms with Crippen molar-refractivity contribution in [2.75, 3.05) is 44.6 Å². The van der Waals surface area contributed by atoms with E-state index in [9.17, 15) is 4.79 Å². The van der Waals surface area contributed by atoms with Crippen molar-refractivity contribution in [3.05, 3.63) is 41.0 Å². The number of halogens is 1. The van der Waals surface area contributed by atoms with Gasteiger partial charge < -0.3 is 15.5 Å². The van der Waals surface area contributed by atoms with Crippen LogP contribution in [0.5, 0.6) is 0 Å². The smallest absolute Gasteiger partial charge is 0.252 e. The van der Waals surface area contributed by atoms with Gasteiger partial charge in [0.25, 0.3) is 5.91 Å².